The van der Waals surface area contributed by atoms with Gasteiger partial charge >= 0.3 is 5.97 Å². The molecule has 0 spiro atoms. The molecule has 1 rings (SSSR count). The quantitative estimate of drug-likeness (QED) is 0.781. The van der Waals surface area contributed by atoms with Crippen molar-refractivity contribution >= 4 is 5.97 Å². The number of nitrogens with zero attached hydrogens (tertiary/aromatic N) is 2. The number of carboxylic acid groups (broad SMARTS) is 1. The smallest absolute Gasteiger partial charge is 0.305 e. The molecule has 0 saturated carbocycles. The monoisotopic (exact) mass is 194 g/mol. The Bertz CT molecular complexity index is 298. The van der Waals surface area contributed by atoms with Crippen LogP contribution in [0.1, 0.15) is 18.2 Å². The maximum absolute atomic E-state index is 10.6. The van der Waals surface area contributed by atoms with Gasteiger partial charge in [-0.25, -0.2) is 0 Å². The highest BCUT2D eigenvalue weighted by Crippen LogP contribution is 2.18. The third kappa shape index (κ3) is 2.81. The zero-order valence-corrected chi connectivity index (χ0v) is 8.34. The molecule has 1 heterocycles. The van der Waals surface area contributed by atoms with Crippen molar-refractivity contribution in [2.24, 2.45) is 0 Å². The van der Waals surface area contributed by atoms with Gasteiger partial charge in [0.15, 0.2) is 0 Å². The van der Waals surface area contributed by atoms with E-state index in [-0.39, 0.29) is 12.5 Å². The first-order chi connectivity index (χ1) is 6.61. The molecule has 0 aliphatic rings. The summed E-state index contributed by atoms with van der Waals surface area (Å²) in [6.45, 7) is 0. The van der Waals surface area contributed by atoms with Crippen LogP contribution >= 0.6 is 0 Å². The van der Waals surface area contributed by atoms with Crippen molar-refractivity contribution in [2.75, 3.05) is 14.1 Å². The van der Waals surface area contributed by atoms with Gasteiger partial charge in [-0.05, 0) is 26.2 Å². The van der Waals surface area contributed by atoms with Crippen molar-refractivity contribution < 1.29 is 9.90 Å². The molecule has 0 fully saturated rings. The summed E-state index contributed by atoms with van der Waals surface area (Å²) in [5, 5.41) is 8.74. The summed E-state index contributed by atoms with van der Waals surface area (Å²) >= 11 is 0. The lowest BCUT2D eigenvalue weighted by Crippen LogP contribution is -2.23. The van der Waals surface area contributed by atoms with Crippen LogP contribution in [0, 0.1) is 0 Å². The second kappa shape index (κ2) is 4.72. The van der Waals surface area contributed by atoms with Crippen LogP contribution in [0.2, 0.25) is 0 Å². The highest BCUT2D eigenvalue weighted by Gasteiger charge is 2.18. The lowest BCUT2D eigenvalue weighted by molar-refractivity contribution is -0.138. The Labute approximate surface area is 83.2 Å². The van der Waals surface area contributed by atoms with E-state index in [0.717, 1.165) is 5.69 Å². The minimum atomic E-state index is -0.811. The molecule has 0 amide bonds. The van der Waals surface area contributed by atoms with E-state index in [4.69, 9.17) is 5.11 Å². The van der Waals surface area contributed by atoms with Crippen molar-refractivity contribution in [3.8, 4) is 0 Å². The largest absolute Gasteiger partial charge is 0.481 e. The molecule has 0 radical (unpaired) electrons. The van der Waals surface area contributed by atoms with E-state index in [9.17, 15) is 4.79 Å². The van der Waals surface area contributed by atoms with E-state index in [1.54, 1.807) is 6.20 Å². The minimum absolute atomic E-state index is 0.0734. The lowest BCUT2D eigenvalue weighted by atomic mass is 10.1. The molecular formula is C10H14N2O2. The zero-order valence-electron chi connectivity index (χ0n) is 8.34. The van der Waals surface area contributed by atoms with Crippen molar-refractivity contribution in [2.45, 2.75) is 12.5 Å². The lowest BCUT2D eigenvalue weighted by Gasteiger charge is -2.21. The Kier molecular flexibility index (Phi) is 3.59. The highest BCUT2D eigenvalue weighted by molar-refractivity contribution is 5.67. The summed E-state index contributed by atoms with van der Waals surface area (Å²) in [6, 6.07) is 5.36. The fraction of sp³-hybridized carbons (Fsp3) is 0.400. The molecule has 1 unspecified atom stereocenters. The van der Waals surface area contributed by atoms with Crippen LogP contribution in [0.4, 0.5) is 0 Å². The Morgan fingerprint density at radius 1 is 1.57 bits per heavy atom. The first-order valence-corrected chi connectivity index (χ1v) is 4.40. The number of carbonyl (C=O) groups is 1. The van der Waals surface area contributed by atoms with Gasteiger partial charge in [-0.15, -0.1) is 0 Å². The molecule has 4 nitrogen and oxygen atoms in total. The first kappa shape index (κ1) is 10.7. The van der Waals surface area contributed by atoms with Gasteiger partial charge in [0.25, 0.3) is 0 Å². The summed E-state index contributed by atoms with van der Waals surface area (Å²) in [6.07, 6.45) is 1.75. The molecule has 14 heavy (non-hydrogen) atoms. The number of hydrogen-bond acceptors (Lipinski definition) is 3. The molecule has 0 saturated heterocycles. The maximum Gasteiger partial charge on any atom is 0.305 e. The molecule has 4 heteroatoms. The van der Waals surface area contributed by atoms with Gasteiger partial charge in [0, 0.05) is 6.20 Å². The van der Waals surface area contributed by atoms with Gasteiger partial charge in [-0.1, -0.05) is 6.07 Å². The zero-order chi connectivity index (χ0) is 10.6. The topological polar surface area (TPSA) is 53.4 Å². The average molecular weight is 194 g/mol. The number of pyridine rings is 1. The molecule has 1 aromatic rings. The molecular weight excluding hydrogens is 180 g/mol. The van der Waals surface area contributed by atoms with Gasteiger partial charge in [-0.2, -0.15) is 0 Å². The highest BCUT2D eigenvalue weighted by atomic mass is 16.4. The molecule has 0 aliphatic heterocycles. The van der Waals surface area contributed by atoms with E-state index in [0.29, 0.717) is 0 Å². The number of carboxylic acids is 1. The van der Waals surface area contributed by atoms with Crippen LogP contribution in [0.3, 0.4) is 0 Å². The van der Waals surface area contributed by atoms with Gasteiger partial charge < -0.3 is 10.0 Å². The molecule has 1 atom stereocenters. The standard InChI is InChI=1S/C10H14N2O2/c1-12(2)9(7-10(13)14)8-5-3-4-6-11-8/h3-6,9H,7H2,1-2H3,(H,13,14). The van der Waals surface area contributed by atoms with E-state index in [1.165, 1.54) is 0 Å². The summed E-state index contributed by atoms with van der Waals surface area (Å²) in [5.74, 6) is -0.811. The fourth-order valence-corrected chi connectivity index (χ4v) is 1.29. The number of aliphatic carboxylic acids is 1. The molecule has 0 aromatic carbocycles. The van der Waals surface area contributed by atoms with Crippen molar-refractivity contribution in [3.05, 3.63) is 30.1 Å². The Morgan fingerprint density at radius 3 is 2.71 bits per heavy atom. The molecule has 1 N–H and O–H groups in total. The van der Waals surface area contributed by atoms with Crippen LogP contribution in [0.15, 0.2) is 24.4 Å². The van der Waals surface area contributed by atoms with E-state index >= 15 is 0 Å². The molecule has 0 aliphatic carbocycles. The Hall–Kier alpha value is -1.42. The minimum Gasteiger partial charge on any atom is -0.481 e. The summed E-state index contributed by atoms with van der Waals surface area (Å²) < 4.78 is 0. The van der Waals surface area contributed by atoms with Gasteiger partial charge in [0.2, 0.25) is 0 Å². The molecule has 0 bridgehead atoms. The molecule has 1 aromatic heterocycles. The summed E-state index contributed by atoms with van der Waals surface area (Å²) in [7, 11) is 3.70. The molecule has 76 valence electrons. The van der Waals surface area contributed by atoms with Gasteiger partial charge in [0.1, 0.15) is 0 Å². The predicted molar refractivity (Wildman–Crippen MR) is 52.9 cm³/mol. The normalized spacial score (nSPS) is 12.8. The van der Waals surface area contributed by atoms with Gasteiger partial charge in [-0.3, -0.25) is 9.78 Å². The third-order valence-electron chi connectivity index (χ3n) is 2.02. The second-order valence-electron chi connectivity index (χ2n) is 3.33. The fourth-order valence-electron chi connectivity index (χ4n) is 1.29. The van der Waals surface area contributed by atoms with E-state index < -0.39 is 5.97 Å². The Balaban J connectivity index is 2.83. The second-order valence-corrected chi connectivity index (χ2v) is 3.33. The van der Waals surface area contributed by atoms with Crippen LogP contribution in [-0.2, 0) is 4.79 Å². The third-order valence-corrected chi connectivity index (χ3v) is 2.02. The van der Waals surface area contributed by atoms with E-state index in [1.807, 2.05) is 37.2 Å². The first-order valence-electron chi connectivity index (χ1n) is 4.40. The van der Waals surface area contributed by atoms with Crippen molar-refractivity contribution in [1.82, 2.24) is 9.88 Å². The summed E-state index contributed by atoms with van der Waals surface area (Å²) in [5.41, 5.74) is 0.792. The van der Waals surface area contributed by atoms with Crippen LogP contribution in [-0.4, -0.2) is 35.1 Å². The van der Waals surface area contributed by atoms with Gasteiger partial charge in [0.05, 0.1) is 18.2 Å². The number of aromatic nitrogens is 1. The van der Waals surface area contributed by atoms with Crippen LogP contribution in [0.25, 0.3) is 0 Å². The maximum atomic E-state index is 10.6. The average Bonchev–Trinajstić information content (AvgIpc) is 2.15. The van der Waals surface area contributed by atoms with E-state index in [2.05, 4.69) is 4.98 Å². The van der Waals surface area contributed by atoms with Crippen LogP contribution < -0.4 is 0 Å². The van der Waals surface area contributed by atoms with Crippen molar-refractivity contribution in [3.63, 3.8) is 0 Å². The number of hydrogen-bond donors (Lipinski definition) is 1. The summed E-state index contributed by atoms with van der Waals surface area (Å²) in [4.78, 5) is 16.6. The Morgan fingerprint density at radius 2 is 2.29 bits per heavy atom. The predicted octanol–water partition coefficient (Wildman–Crippen LogP) is 1.16. The van der Waals surface area contributed by atoms with Crippen LogP contribution in [0.5, 0.6) is 0 Å². The number of rotatable bonds is 4. The SMILES string of the molecule is CN(C)C(CC(=O)O)c1ccccn1. The van der Waals surface area contributed by atoms with Crippen molar-refractivity contribution in [1.29, 1.82) is 0 Å².